The molecule has 6 nitrogen and oxygen atoms in total. The number of nitrogens with two attached hydrogens (primary N) is 1. The number of aliphatic hydroxyl groups is 1. The molecule has 0 aliphatic heterocycles. The molecule has 1 atom stereocenters. The minimum absolute atomic E-state index is 0.137. The summed E-state index contributed by atoms with van der Waals surface area (Å²) in [6.07, 6.45) is 0.754. The van der Waals surface area contributed by atoms with Gasteiger partial charge in [-0.2, -0.15) is 0 Å². The molecule has 1 aliphatic carbocycles. The van der Waals surface area contributed by atoms with Gasteiger partial charge in [-0.25, -0.2) is 13.2 Å². The Hall–Kier alpha value is -3.33. The fourth-order valence-corrected chi connectivity index (χ4v) is 4.07. The molecule has 1 heterocycles. The number of aromatic amines is 1. The van der Waals surface area contributed by atoms with E-state index in [9.17, 15) is 22.8 Å². The van der Waals surface area contributed by atoms with Crippen molar-refractivity contribution in [1.29, 1.82) is 0 Å². The van der Waals surface area contributed by atoms with E-state index in [1.165, 1.54) is 18.2 Å². The molecule has 1 aliphatic rings. The maximum absolute atomic E-state index is 14.4. The average Bonchev–Trinajstić information content (AvgIpc) is 3.05. The summed E-state index contributed by atoms with van der Waals surface area (Å²) >= 11 is 0. The molecule has 0 radical (unpaired) electrons. The second-order valence-corrected chi connectivity index (χ2v) is 7.74. The van der Waals surface area contributed by atoms with Gasteiger partial charge in [-0.1, -0.05) is 0 Å². The van der Waals surface area contributed by atoms with Crippen molar-refractivity contribution < 1.29 is 27.9 Å². The summed E-state index contributed by atoms with van der Waals surface area (Å²) in [6.45, 7) is -0.604. The maximum Gasteiger partial charge on any atom is 0.242 e. The van der Waals surface area contributed by atoms with Gasteiger partial charge in [0.05, 0.1) is 17.8 Å². The first-order chi connectivity index (χ1) is 14.8. The smallest absolute Gasteiger partial charge is 0.242 e. The fraction of sp³-hybridized carbons (Fsp3) is 0.273. The number of rotatable bonds is 6. The predicted molar refractivity (Wildman–Crippen MR) is 107 cm³/mol. The van der Waals surface area contributed by atoms with Crippen LogP contribution in [0, 0.1) is 23.4 Å². The minimum Gasteiger partial charge on any atom is -0.394 e. The summed E-state index contributed by atoms with van der Waals surface area (Å²) in [5.74, 6) is -3.79. The van der Waals surface area contributed by atoms with Gasteiger partial charge < -0.3 is 21.1 Å². The molecule has 2 amide bonds. The van der Waals surface area contributed by atoms with Crippen molar-refractivity contribution in [3.05, 3.63) is 59.4 Å². The minimum atomic E-state index is -1.17. The Morgan fingerprint density at radius 3 is 2.42 bits per heavy atom. The molecule has 1 saturated carbocycles. The van der Waals surface area contributed by atoms with E-state index in [0.29, 0.717) is 35.0 Å². The number of carbonyl (C=O) groups excluding carboxylic acids is 2. The van der Waals surface area contributed by atoms with Crippen LogP contribution in [-0.2, 0) is 9.59 Å². The van der Waals surface area contributed by atoms with E-state index in [2.05, 4.69) is 10.3 Å². The molecule has 0 spiro atoms. The summed E-state index contributed by atoms with van der Waals surface area (Å²) in [5, 5.41) is 11.9. The van der Waals surface area contributed by atoms with Gasteiger partial charge in [0, 0.05) is 17.4 Å². The number of hydrogen-bond acceptors (Lipinski definition) is 3. The molecule has 0 bridgehead atoms. The van der Waals surface area contributed by atoms with E-state index in [4.69, 9.17) is 10.8 Å². The fourth-order valence-electron chi connectivity index (χ4n) is 4.07. The third-order valence-corrected chi connectivity index (χ3v) is 5.76. The number of H-pyrrole nitrogens is 1. The van der Waals surface area contributed by atoms with Crippen LogP contribution in [0.1, 0.15) is 24.3 Å². The number of hydrogen-bond donors (Lipinski definition) is 4. The quantitative estimate of drug-likeness (QED) is 0.482. The summed E-state index contributed by atoms with van der Waals surface area (Å²) in [7, 11) is 0. The molecule has 9 heteroatoms. The van der Waals surface area contributed by atoms with Crippen molar-refractivity contribution in [2.75, 3.05) is 6.61 Å². The third kappa shape index (κ3) is 3.88. The van der Waals surface area contributed by atoms with Crippen LogP contribution in [-0.4, -0.2) is 34.6 Å². The standard InChI is InChI=1S/C22H20F3N3O3/c23-13-3-1-10(2-4-13)19-18(15-7-14(24)8-16(25)20(15)28-19)11-5-12(6-11)22(31)27-17(9-29)21(26)30/h1-4,7-8,11-12,17,28-29H,5-6,9H2,(H2,26,30)(H,27,31). The highest BCUT2D eigenvalue weighted by molar-refractivity contribution is 5.93. The van der Waals surface area contributed by atoms with Gasteiger partial charge in [0.25, 0.3) is 0 Å². The summed E-state index contributed by atoms with van der Waals surface area (Å²) in [4.78, 5) is 26.6. The highest BCUT2D eigenvalue weighted by Gasteiger charge is 2.39. The number of fused-ring (bicyclic) bond motifs is 1. The van der Waals surface area contributed by atoms with E-state index in [1.54, 1.807) is 12.1 Å². The third-order valence-electron chi connectivity index (χ3n) is 5.76. The molecule has 1 aromatic heterocycles. The topological polar surface area (TPSA) is 108 Å². The lowest BCUT2D eigenvalue weighted by Crippen LogP contribution is -2.50. The first-order valence-electron chi connectivity index (χ1n) is 9.75. The number of aliphatic hydroxyl groups excluding tert-OH is 1. The Labute approximate surface area is 175 Å². The van der Waals surface area contributed by atoms with Crippen LogP contribution in [0.3, 0.4) is 0 Å². The number of primary amides is 1. The van der Waals surface area contributed by atoms with Gasteiger partial charge in [0.2, 0.25) is 11.8 Å². The number of benzene rings is 2. The molecule has 1 unspecified atom stereocenters. The van der Waals surface area contributed by atoms with E-state index >= 15 is 0 Å². The van der Waals surface area contributed by atoms with Crippen LogP contribution in [0.4, 0.5) is 13.2 Å². The lowest BCUT2D eigenvalue weighted by Gasteiger charge is -2.35. The highest BCUT2D eigenvalue weighted by Crippen LogP contribution is 2.48. The van der Waals surface area contributed by atoms with Gasteiger partial charge in [0.1, 0.15) is 23.5 Å². The Kier molecular flexibility index (Phi) is 5.45. The van der Waals surface area contributed by atoms with Crippen LogP contribution < -0.4 is 11.1 Å². The van der Waals surface area contributed by atoms with Gasteiger partial charge in [0.15, 0.2) is 0 Å². The summed E-state index contributed by atoms with van der Waals surface area (Å²) in [6, 6.07) is 6.48. The molecule has 162 valence electrons. The van der Waals surface area contributed by atoms with Crippen molar-refractivity contribution in [2.24, 2.45) is 11.7 Å². The zero-order chi connectivity index (χ0) is 22.3. The van der Waals surface area contributed by atoms with Crippen molar-refractivity contribution in [3.63, 3.8) is 0 Å². The normalized spacial score (nSPS) is 19.1. The summed E-state index contributed by atoms with van der Waals surface area (Å²) in [5.41, 5.74) is 7.06. The van der Waals surface area contributed by atoms with Crippen LogP contribution in [0.5, 0.6) is 0 Å². The molecule has 4 rings (SSSR count). The Morgan fingerprint density at radius 1 is 1.13 bits per heavy atom. The SMILES string of the molecule is NC(=O)C(CO)NC(=O)C1CC(c2c(-c3ccc(F)cc3)[nH]c3c(F)cc(F)cc23)C1. The largest absolute Gasteiger partial charge is 0.394 e. The van der Waals surface area contributed by atoms with Gasteiger partial charge in [-0.05, 0) is 60.2 Å². The van der Waals surface area contributed by atoms with Crippen LogP contribution >= 0.6 is 0 Å². The first kappa shape index (κ1) is 20.9. The van der Waals surface area contributed by atoms with Crippen LogP contribution in [0.2, 0.25) is 0 Å². The van der Waals surface area contributed by atoms with Crippen molar-refractivity contribution in [3.8, 4) is 11.3 Å². The molecular weight excluding hydrogens is 411 g/mol. The Bertz CT molecular complexity index is 1150. The summed E-state index contributed by atoms with van der Waals surface area (Å²) < 4.78 is 41.7. The zero-order valence-corrected chi connectivity index (χ0v) is 16.3. The van der Waals surface area contributed by atoms with E-state index in [-0.39, 0.29) is 11.4 Å². The van der Waals surface area contributed by atoms with Gasteiger partial charge in [-0.3, -0.25) is 9.59 Å². The Morgan fingerprint density at radius 2 is 1.81 bits per heavy atom. The van der Waals surface area contributed by atoms with Crippen LogP contribution in [0.15, 0.2) is 36.4 Å². The predicted octanol–water partition coefficient (Wildman–Crippen LogP) is 2.71. The zero-order valence-electron chi connectivity index (χ0n) is 16.3. The maximum atomic E-state index is 14.4. The lowest BCUT2D eigenvalue weighted by molar-refractivity contribution is -0.132. The second kappa shape index (κ2) is 8.07. The molecule has 31 heavy (non-hydrogen) atoms. The van der Waals surface area contributed by atoms with Crippen LogP contribution in [0.25, 0.3) is 22.2 Å². The lowest BCUT2D eigenvalue weighted by atomic mass is 9.69. The van der Waals surface area contributed by atoms with Gasteiger partial charge >= 0.3 is 0 Å². The van der Waals surface area contributed by atoms with Crippen molar-refractivity contribution in [2.45, 2.75) is 24.8 Å². The highest BCUT2D eigenvalue weighted by atomic mass is 19.1. The van der Waals surface area contributed by atoms with E-state index in [1.807, 2.05) is 0 Å². The number of nitrogens with one attached hydrogen (secondary N) is 2. The average molecular weight is 431 g/mol. The first-order valence-corrected chi connectivity index (χ1v) is 9.75. The second-order valence-electron chi connectivity index (χ2n) is 7.74. The molecule has 2 aromatic carbocycles. The monoisotopic (exact) mass is 431 g/mol. The molecule has 5 N–H and O–H groups in total. The van der Waals surface area contributed by atoms with E-state index in [0.717, 1.165) is 6.07 Å². The Balaban J connectivity index is 1.66. The molecule has 3 aromatic rings. The van der Waals surface area contributed by atoms with Crippen molar-refractivity contribution >= 4 is 22.7 Å². The number of aromatic nitrogens is 1. The molecular formula is C22H20F3N3O3. The van der Waals surface area contributed by atoms with Crippen molar-refractivity contribution in [1.82, 2.24) is 10.3 Å². The number of carbonyl (C=O) groups is 2. The molecule has 1 fully saturated rings. The van der Waals surface area contributed by atoms with Gasteiger partial charge in [-0.15, -0.1) is 0 Å². The van der Waals surface area contributed by atoms with E-state index < -0.39 is 47.8 Å². The molecule has 0 saturated heterocycles. The number of halogens is 3. The number of amides is 2.